The summed E-state index contributed by atoms with van der Waals surface area (Å²) in [7, 11) is 1.73. The Morgan fingerprint density at radius 1 is 1.29 bits per heavy atom. The molecule has 0 bridgehead atoms. The number of aromatic nitrogens is 1. The van der Waals surface area contributed by atoms with E-state index in [4.69, 9.17) is 4.74 Å². The van der Waals surface area contributed by atoms with Crippen molar-refractivity contribution in [3.8, 4) is 0 Å². The summed E-state index contributed by atoms with van der Waals surface area (Å²) in [5, 5.41) is 4.61. The molecule has 1 unspecified atom stereocenters. The fraction of sp³-hybridized carbons (Fsp3) is 0.357. The van der Waals surface area contributed by atoms with Gasteiger partial charge in [-0.2, -0.15) is 0 Å². The zero-order valence-electron chi connectivity index (χ0n) is 10.3. The Hall–Kier alpha value is -1.45. The van der Waals surface area contributed by atoms with Crippen LogP contribution < -0.4 is 5.32 Å². The van der Waals surface area contributed by atoms with Crippen LogP contribution in [0.3, 0.4) is 0 Å². The molecule has 0 amide bonds. The Labute approximate surface area is 102 Å². The van der Waals surface area contributed by atoms with E-state index in [0.29, 0.717) is 0 Å². The fourth-order valence-corrected chi connectivity index (χ4v) is 1.80. The molecule has 0 fully saturated rings. The third-order valence-electron chi connectivity index (χ3n) is 2.89. The highest BCUT2D eigenvalue weighted by atomic mass is 16.5. The van der Waals surface area contributed by atoms with Crippen LogP contribution in [0, 0.1) is 0 Å². The summed E-state index contributed by atoms with van der Waals surface area (Å²) in [6.07, 6.45) is 2.10. The molecule has 0 saturated heterocycles. The van der Waals surface area contributed by atoms with Gasteiger partial charge in [-0.15, -0.1) is 0 Å². The van der Waals surface area contributed by atoms with Crippen molar-refractivity contribution in [2.45, 2.75) is 19.6 Å². The van der Waals surface area contributed by atoms with Crippen molar-refractivity contribution in [2.75, 3.05) is 13.7 Å². The van der Waals surface area contributed by atoms with Gasteiger partial charge in [0.05, 0.1) is 11.6 Å². The molecular formula is C14H18N2O. The number of rotatable bonds is 5. The molecule has 1 aromatic heterocycles. The molecule has 17 heavy (non-hydrogen) atoms. The second kappa shape index (κ2) is 5.75. The van der Waals surface area contributed by atoms with Crippen molar-refractivity contribution in [3.63, 3.8) is 0 Å². The monoisotopic (exact) mass is 230 g/mol. The quantitative estimate of drug-likeness (QED) is 0.856. The molecule has 1 heterocycles. The summed E-state index contributed by atoms with van der Waals surface area (Å²) in [5.41, 5.74) is 2.32. The number of benzene rings is 1. The van der Waals surface area contributed by atoms with E-state index in [1.54, 1.807) is 7.11 Å². The predicted molar refractivity (Wildman–Crippen MR) is 69.9 cm³/mol. The minimum atomic E-state index is 0.239. The largest absolute Gasteiger partial charge is 0.380 e. The zero-order chi connectivity index (χ0) is 12.1. The summed E-state index contributed by atoms with van der Waals surface area (Å²) in [5.74, 6) is 0. The van der Waals surface area contributed by atoms with Gasteiger partial charge in [0, 0.05) is 31.8 Å². The van der Waals surface area contributed by atoms with Gasteiger partial charge >= 0.3 is 0 Å². The summed E-state index contributed by atoms with van der Waals surface area (Å²) >= 11 is 0. The highest BCUT2D eigenvalue weighted by molar-refractivity contribution is 5.81. The van der Waals surface area contributed by atoms with E-state index in [2.05, 4.69) is 29.4 Å². The van der Waals surface area contributed by atoms with Crippen molar-refractivity contribution in [1.29, 1.82) is 0 Å². The third-order valence-corrected chi connectivity index (χ3v) is 2.89. The standard InChI is InChI=1S/C14H18N2O/c1-11(17-2)9-15-10-12-7-8-16-14-6-4-3-5-13(12)14/h3-8,11,15H,9-10H2,1-2H3. The average Bonchev–Trinajstić information content (AvgIpc) is 2.39. The molecule has 2 rings (SSSR count). The van der Waals surface area contributed by atoms with E-state index in [1.807, 2.05) is 24.4 Å². The van der Waals surface area contributed by atoms with E-state index in [-0.39, 0.29) is 6.10 Å². The fourth-order valence-electron chi connectivity index (χ4n) is 1.80. The lowest BCUT2D eigenvalue weighted by Crippen LogP contribution is -2.25. The van der Waals surface area contributed by atoms with Crippen molar-refractivity contribution >= 4 is 10.9 Å². The first kappa shape index (κ1) is 12.0. The summed E-state index contributed by atoms with van der Waals surface area (Å²) in [6.45, 7) is 3.75. The smallest absolute Gasteiger partial charge is 0.0705 e. The minimum absolute atomic E-state index is 0.239. The molecule has 3 heteroatoms. The molecule has 2 aromatic rings. The highest BCUT2D eigenvalue weighted by Gasteiger charge is 2.02. The van der Waals surface area contributed by atoms with Gasteiger partial charge in [0.1, 0.15) is 0 Å². The Morgan fingerprint density at radius 3 is 2.94 bits per heavy atom. The van der Waals surface area contributed by atoms with Crippen LogP contribution in [0.15, 0.2) is 36.5 Å². The zero-order valence-corrected chi connectivity index (χ0v) is 10.3. The lowest BCUT2D eigenvalue weighted by molar-refractivity contribution is 0.117. The summed E-state index contributed by atoms with van der Waals surface area (Å²) < 4.78 is 5.20. The number of nitrogens with one attached hydrogen (secondary N) is 1. The molecule has 0 spiro atoms. The van der Waals surface area contributed by atoms with E-state index < -0.39 is 0 Å². The van der Waals surface area contributed by atoms with Gasteiger partial charge in [0.15, 0.2) is 0 Å². The predicted octanol–water partition coefficient (Wildman–Crippen LogP) is 2.36. The van der Waals surface area contributed by atoms with Gasteiger partial charge < -0.3 is 10.1 Å². The molecule has 3 nitrogen and oxygen atoms in total. The molecule has 1 N–H and O–H groups in total. The molecule has 0 aliphatic rings. The van der Waals surface area contributed by atoms with Crippen LogP contribution >= 0.6 is 0 Å². The first-order valence-electron chi connectivity index (χ1n) is 5.87. The second-order valence-corrected chi connectivity index (χ2v) is 4.16. The van der Waals surface area contributed by atoms with Gasteiger partial charge in [0.2, 0.25) is 0 Å². The van der Waals surface area contributed by atoms with Gasteiger partial charge in [-0.3, -0.25) is 4.98 Å². The van der Waals surface area contributed by atoms with Crippen molar-refractivity contribution < 1.29 is 4.74 Å². The average molecular weight is 230 g/mol. The molecule has 1 aromatic carbocycles. The number of pyridine rings is 1. The van der Waals surface area contributed by atoms with E-state index >= 15 is 0 Å². The Morgan fingerprint density at radius 2 is 2.12 bits per heavy atom. The van der Waals surface area contributed by atoms with E-state index in [0.717, 1.165) is 18.6 Å². The topological polar surface area (TPSA) is 34.1 Å². The highest BCUT2D eigenvalue weighted by Crippen LogP contribution is 2.15. The maximum Gasteiger partial charge on any atom is 0.0705 e. The Bertz CT molecular complexity index is 479. The first-order valence-corrected chi connectivity index (χ1v) is 5.87. The van der Waals surface area contributed by atoms with E-state index in [9.17, 15) is 0 Å². The van der Waals surface area contributed by atoms with Crippen molar-refractivity contribution in [1.82, 2.24) is 10.3 Å². The lowest BCUT2D eigenvalue weighted by Gasteiger charge is -2.11. The van der Waals surface area contributed by atoms with Crippen LogP contribution in [-0.4, -0.2) is 24.7 Å². The minimum Gasteiger partial charge on any atom is -0.380 e. The summed E-state index contributed by atoms with van der Waals surface area (Å²) in [4.78, 5) is 4.35. The number of hydrogen-bond donors (Lipinski definition) is 1. The second-order valence-electron chi connectivity index (χ2n) is 4.16. The number of hydrogen-bond acceptors (Lipinski definition) is 3. The number of para-hydroxylation sites is 1. The number of fused-ring (bicyclic) bond motifs is 1. The lowest BCUT2D eigenvalue weighted by atomic mass is 10.1. The number of methoxy groups -OCH3 is 1. The van der Waals surface area contributed by atoms with Crippen LogP contribution in [0.5, 0.6) is 0 Å². The molecule has 0 aliphatic heterocycles. The maximum absolute atomic E-state index is 5.20. The molecule has 90 valence electrons. The van der Waals surface area contributed by atoms with Crippen LogP contribution in [0.1, 0.15) is 12.5 Å². The maximum atomic E-state index is 5.20. The van der Waals surface area contributed by atoms with Gasteiger partial charge in [-0.1, -0.05) is 18.2 Å². The first-order chi connectivity index (χ1) is 8.31. The summed E-state index contributed by atoms with van der Waals surface area (Å²) in [6, 6.07) is 10.3. The van der Waals surface area contributed by atoms with Crippen molar-refractivity contribution in [2.24, 2.45) is 0 Å². The van der Waals surface area contributed by atoms with Crippen LogP contribution in [0.4, 0.5) is 0 Å². The Balaban J connectivity index is 2.08. The van der Waals surface area contributed by atoms with Crippen LogP contribution in [-0.2, 0) is 11.3 Å². The molecule has 1 atom stereocenters. The third kappa shape index (κ3) is 3.02. The number of nitrogens with zero attached hydrogens (tertiary/aromatic N) is 1. The van der Waals surface area contributed by atoms with Crippen LogP contribution in [0.2, 0.25) is 0 Å². The Kier molecular flexibility index (Phi) is 4.07. The number of ether oxygens (including phenoxy) is 1. The van der Waals surface area contributed by atoms with Crippen LogP contribution in [0.25, 0.3) is 10.9 Å². The van der Waals surface area contributed by atoms with E-state index in [1.165, 1.54) is 10.9 Å². The normalized spacial score (nSPS) is 12.8. The van der Waals surface area contributed by atoms with Gasteiger partial charge in [0.25, 0.3) is 0 Å². The van der Waals surface area contributed by atoms with Gasteiger partial charge in [-0.25, -0.2) is 0 Å². The van der Waals surface area contributed by atoms with Gasteiger partial charge in [-0.05, 0) is 24.6 Å². The van der Waals surface area contributed by atoms with Crippen molar-refractivity contribution in [3.05, 3.63) is 42.1 Å². The molecular weight excluding hydrogens is 212 g/mol. The molecule has 0 saturated carbocycles. The SMILES string of the molecule is COC(C)CNCc1ccnc2ccccc12. The molecule has 0 radical (unpaired) electrons. The molecule has 0 aliphatic carbocycles.